The molecule has 3 heterocycles. The highest BCUT2D eigenvalue weighted by Crippen LogP contribution is 2.34. The molecule has 2 aliphatic rings. The van der Waals surface area contributed by atoms with Gasteiger partial charge in [-0.2, -0.15) is 0 Å². The van der Waals surface area contributed by atoms with Gasteiger partial charge in [0.15, 0.2) is 5.82 Å². The van der Waals surface area contributed by atoms with E-state index in [-0.39, 0.29) is 23.7 Å². The number of nitrogens with one attached hydrogen (secondary N) is 1. The molecule has 176 valence electrons. The Hall–Kier alpha value is -2.78. The van der Waals surface area contributed by atoms with E-state index in [2.05, 4.69) is 25.4 Å². The van der Waals surface area contributed by atoms with Crippen molar-refractivity contribution < 1.29 is 9.84 Å². The second-order valence-corrected chi connectivity index (χ2v) is 9.18. The van der Waals surface area contributed by atoms with Crippen LogP contribution in [0.15, 0.2) is 29.1 Å². The number of ether oxygens (including phenoxy) is 1. The zero-order valence-corrected chi connectivity index (χ0v) is 19.1. The SMILES string of the molecule is CCOc1ccc2[nH]c(=O)c([C@@H](c3nnnn3C3CCCCC3)N3CCC(O)CC3)cc2c1. The van der Waals surface area contributed by atoms with Gasteiger partial charge in [0.25, 0.3) is 5.56 Å². The fourth-order valence-electron chi connectivity index (χ4n) is 5.27. The Morgan fingerprint density at radius 1 is 1.15 bits per heavy atom. The molecule has 1 saturated carbocycles. The van der Waals surface area contributed by atoms with E-state index >= 15 is 0 Å². The van der Waals surface area contributed by atoms with Crippen LogP contribution < -0.4 is 10.3 Å². The van der Waals surface area contributed by atoms with Crippen LogP contribution in [0.3, 0.4) is 0 Å². The van der Waals surface area contributed by atoms with Crippen LogP contribution in [0, 0.1) is 0 Å². The normalized spacial score (nSPS) is 19.7. The van der Waals surface area contributed by atoms with Gasteiger partial charge in [-0.3, -0.25) is 9.69 Å². The molecule has 2 N–H and O–H groups in total. The van der Waals surface area contributed by atoms with E-state index in [1.807, 2.05) is 35.9 Å². The number of rotatable bonds is 6. The predicted molar refractivity (Wildman–Crippen MR) is 124 cm³/mol. The monoisotopic (exact) mass is 452 g/mol. The standard InChI is InChI=1S/C24H32N6O3/c1-2-33-19-8-9-21-16(14-19)15-20(24(32)25-21)22(29-12-10-18(31)11-13-29)23-26-27-28-30(23)17-6-4-3-5-7-17/h8-9,14-15,17-18,22,31H,2-7,10-13H2,1H3,(H,25,32)/t22-/m0/s1. The van der Waals surface area contributed by atoms with Crippen molar-refractivity contribution in [1.29, 1.82) is 0 Å². The van der Waals surface area contributed by atoms with Gasteiger partial charge in [0.1, 0.15) is 11.8 Å². The summed E-state index contributed by atoms with van der Waals surface area (Å²) in [6.45, 7) is 3.89. The first-order valence-corrected chi connectivity index (χ1v) is 12.1. The number of piperidine rings is 1. The smallest absolute Gasteiger partial charge is 0.253 e. The Labute approximate surface area is 192 Å². The molecule has 5 rings (SSSR count). The fraction of sp³-hybridized carbons (Fsp3) is 0.583. The zero-order valence-electron chi connectivity index (χ0n) is 19.1. The van der Waals surface area contributed by atoms with Gasteiger partial charge in [-0.25, -0.2) is 4.68 Å². The van der Waals surface area contributed by atoms with Crippen LogP contribution in [0.1, 0.15) is 75.3 Å². The average Bonchev–Trinajstić information content (AvgIpc) is 3.31. The number of nitrogens with zero attached hydrogens (tertiary/aromatic N) is 5. The molecule has 0 bridgehead atoms. The van der Waals surface area contributed by atoms with Crippen molar-refractivity contribution in [2.45, 2.75) is 70.1 Å². The molecular formula is C24H32N6O3. The number of pyridine rings is 1. The Balaban J connectivity index is 1.61. The van der Waals surface area contributed by atoms with E-state index in [4.69, 9.17) is 4.74 Å². The third-order valence-electron chi connectivity index (χ3n) is 7.00. The molecule has 0 radical (unpaired) electrons. The number of likely N-dealkylation sites (tertiary alicyclic amines) is 1. The minimum Gasteiger partial charge on any atom is -0.494 e. The number of aromatic nitrogens is 5. The Kier molecular flexibility index (Phi) is 6.41. The molecule has 1 saturated heterocycles. The number of aliphatic hydroxyl groups excluding tert-OH is 1. The number of tetrazole rings is 1. The summed E-state index contributed by atoms with van der Waals surface area (Å²) in [5.41, 5.74) is 1.26. The molecule has 2 aromatic heterocycles. The van der Waals surface area contributed by atoms with Crippen molar-refractivity contribution in [2.75, 3.05) is 19.7 Å². The van der Waals surface area contributed by atoms with Crippen LogP contribution in [0.5, 0.6) is 5.75 Å². The van der Waals surface area contributed by atoms with Gasteiger partial charge in [-0.1, -0.05) is 19.3 Å². The first-order valence-electron chi connectivity index (χ1n) is 12.1. The van der Waals surface area contributed by atoms with Crippen LogP contribution in [0.2, 0.25) is 0 Å². The zero-order chi connectivity index (χ0) is 22.8. The summed E-state index contributed by atoms with van der Waals surface area (Å²) in [6.07, 6.45) is 6.71. The lowest BCUT2D eigenvalue weighted by Gasteiger charge is -2.36. The summed E-state index contributed by atoms with van der Waals surface area (Å²) in [4.78, 5) is 18.6. The van der Waals surface area contributed by atoms with E-state index in [1.165, 1.54) is 19.3 Å². The van der Waals surface area contributed by atoms with Crippen molar-refractivity contribution in [1.82, 2.24) is 30.1 Å². The van der Waals surface area contributed by atoms with Gasteiger partial charge < -0.3 is 14.8 Å². The number of hydrogen-bond acceptors (Lipinski definition) is 7. The molecule has 1 aliphatic heterocycles. The van der Waals surface area contributed by atoms with E-state index in [0.29, 0.717) is 43.9 Å². The van der Waals surface area contributed by atoms with Gasteiger partial charge in [-0.05, 0) is 67.3 Å². The molecule has 1 atom stereocenters. The number of H-pyrrole nitrogens is 1. The quantitative estimate of drug-likeness (QED) is 0.592. The van der Waals surface area contributed by atoms with Gasteiger partial charge in [0.2, 0.25) is 0 Å². The lowest BCUT2D eigenvalue weighted by Crippen LogP contribution is -2.42. The summed E-state index contributed by atoms with van der Waals surface area (Å²) < 4.78 is 7.63. The number of fused-ring (bicyclic) bond motifs is 1. The molecule has 9 nitrogen and oxygen atoms in total. The molecule has 33 heavy (non-hydrogen) atoms. The highest BCUT2D eigenvalue weighted by atomic mass is 16.5. The predicted octanol–water partition coefficient (Wildman–Crippen LogP) is 2.96. The van der Waals surface area contributed by atoms with Crippen LogP contribution in [-0.2, 0) is 0 Å². The lowest BCUT2D eigenvalue weighted by atomic mass is 9.94. The Morgan fingerprint density at radius 3 is 2.70 bits per heavy atom. The fourth-order valence-corrected chi connectivity index (χ4v) is 5.27. The van der Waals surface area contributed by atoms with Crippen molar-refractivity contribution in [2.24, 2.45) is 0 Å². The van der Waals surface area contributed by atoms with Gasteiger partial charge in [-0.15, -0.1) is 5.10 Å². The second-order valence-electron chi connectivity index (χ2n) is 9.18. The summed E-state index contributed by atoms with van der Waals surface area (Å²) in [6, 6.07) is 7.54. The second kappa shape index (κ2) is 9.61. The van der Waals surface area contributed by atoms with Crippen molar-refractivity contribution in [3.8, 4) is 5.75 Å². The molecular weight excluding hydrogens is 420 g/mol. The van der Waals surface area contributed by atoms with Crippen LogP contribution >= 0.6 is 0 Å². The average molecular weight is 453 g/mol. The van der Waals surface area contributed by atoms with E-state index in [0.717, 1.165) is 29.5 Å². The minimum atomic E-state index is -0.377. The molecule has 9 heteroatoms. The molecule has 0 spiro atoms. The largest absolute Gasteiger partial charge is 0.494 e. The van der Waals surface area contributed by atoms with Gasteiger partial charge in [0.05, 0.1) is 18.8 Å². The Morgan fingerprint density at radius 2 is 1.94 bits per heavy atom. The summed E-state index contributed by atoms with van der Waals surface area (Å²) >= 11 is 0. The number of benzene rings is 1. The lowest BCUT2D eigenvalue weighted by molar-refractivity contribution is 0.0651. The van der Waals surface area contributed by atoms with E-state index < -0.39 is 0 Å². The highest BCUT2D eigenvalue weighted by Gasteiger charge is 2.34. The van der Waals surface area contributed by atoms with Crippen LogP contribution in [0.25, 0.3) is 10.9 Å². The van der Waals surface area contributed by atoms with E-state index in [9.17, 15) is 9.90 Å². The molecule has 0 unspecified atom stereocenters. The highest BCUT2D eigenvalue weighted by molar-refractivity contribution is 5.80. The van der Waals surface area contributed by atoms with Crippen LogP contribution in [-0.4, -0.2) is 61.0 Å². The third kappa shape index (κ3) is 4.52. The molecule has 3 aromatic rings. The topological polar surface area (TPSA) is 109 Å². The summed E-state index contributed by atoms with van der Waals surface area (Å²) in [5.74, 6) is 1.48. The number of aliphatic hydroxyl groups is 1. The van der Waals surface area contributed by atoms with Crippen molar-refractivity contribution in [3.63, 3.8) is 0 Å². The van der Waals surface area contributed by atoms with Gasteiger partial charge >= 0.3 is 0 Å². The third-order valence-corrected chi connectivity index (χ3v) is 7.00. The molecule has 0 amide bonds. The van der Waals surface area contributed by atoms with E-state index in [1.54, 1.807) is 0 Å². The summed E-state index contributed by atoms with van der Waals surface area (Å²) in [7, 11) is 0. The maximum Gasteiger partial charge on any atom is 0.253 e. The maximum absolute atomic E-state index is 13.3. The van der Waals surface area contributed by atoms with Crippen molar-refractivity contribution in [3.05, 3.63) is 46.0 Å². The number of aromatic amines is 1. The Bertz CT molecular complexity index is 1140. The first-order chi connectivity index (χ1) is 16.1. The molecule has 1 aliphatic carbocycles. The van der Waals surface area contributed by atoms with Crippen molar-refractivity contribution >= 4 is 10.9 Å². The minimum absolute atomic E-state index is 0.138. The first kappa shape index (κ1) is 22.0. The summed E-state index contributed by atoms with van der Waals surface area (Å²) in [5, 5.41) is 23.9. The molecule has 1 aromatic carbocycles. The van der Waals surface area contributed by atoms with Crippen LogP contribution in [0.4, 0.5) is 0 Å². The molecule has 2 fully saturated rings. The van der Waals surface area contributed by atoms with Gasteiger partial charge in [0, 0.05) is 29.6 Å². The number of hydrogen-bond donors (Lipinski definition) is 2. The maximum atomic E-state index is 13.3.